The molecule has 0 bridgehead atoms. The molecule has 3 aromatic heterocycles. The lowest BCUT2D eigenvalue weighted by molar-refractivity contribution is 0.224. The van der Waals surface area contributed by atoms with Crippen LogP contribution in [0.1, 0.15) is 48.0 Å². The van der Waals surface area contributed by atoms with Crippen LogP contribution in [0.3, 0.4) is 0 Å². The van der Waals surface area contributed by atoms with E-state index in [4.69, 9.17) is 9.26 Å². The van der Waals surface area contributed by atoms with Crippen molar-refractivity contribution in [2.24, 2.45) is 0 Å². The first kappa shape index (κ1) is 22.2. The number of hydrogen-bond donors (Lipinski definition) is 0. The number of nitrogens with zero attached hydrogens (tertiary/aromatic N) is 4. The Labute approximate surface area is 194 Å². The van der Waals surface area contributed by atoms with Crippen LogP contribution in [-0.2, 0) is 13.0 Å². The Morgan fingerprint density at radius 2 is 2.00 bits per heavy atom. The summed E-state index contributed by atoms with van der Waals surface area (Å²) in [6.07, 6.45) is 5.74. The zero-order valence-electron chi connectivity index (χ0n) is 18.4. The van der Waals surface area contributed by atoms with Crippen LogP contribution in [0.4, 0.5) is 4.39 Å². The monoisotopic (exact) mass is 498 g/mol. The maximum atomic E-state index is 14.3. The third-order valence-electron chi connectivity index (χ3n) is 5.38. The van der Waals surface area contributed by atoms with E-state index in [2.05, 4.69) is 31.2 Å². The van der Waals surface area contributed by atoms with Gasteiger partial charge in [0.05, 0.1) is 17.6 Å². The summed E-state index contributed by atoms with van der Waals surface area (Å²) >= 11 is 3.42. The van der Waals surface area contributed by atoms with Crippen molar-refractivity contribution in [3.8, 4) is 17.1 Å². The summed E-state index contributed by atoms with van der Waals surface area (Å²) in [6, 6.07) is 6.48. The van der Waals surface area contributed by atoms with Gasteiger partial charge in [0.2, 0.25) is 0 Å². The Kier molecular flexibility index (Phi) is 6.41. The smallest absolute Gasteiger partial charge is 0.171 e. The normalized spacial score (nSPS) is 12.2. The molecule has 32 heavy (non-hydrogen) atoms. The molecule has 6 nitrogen and oxygen atoms in total. The number of benzene rings is 1. The molecular weight excluding hydrogens is 475 g/mol. The van der Waals surface area contributed by atoms with Crippen LogP contribution in [0, 0.1) is 19.7 Å². The summed E-state index contributed by atoms with van der Waals surface area (Å²) in [4.78, 5) is 4.31. The van der Waals surface area contributed by atoms with Crippen LogP contribution in [-0.4, -0.2) is 19.9 Å². The van der Waals surface area contributed by atoms with Crippen molar-refractivity contribution in [3.63, 3.8) is 0 Å². The Balaban J connectivity index is 1.72. The Hall–Kier alpha value is -3.00. The number of rotatable bonds is 7. The van der Waals surface area contributed by atoms with Crippen LogP contribution >= 0.6 is 15.9 Å². The molecule has 0 fully saturated rings. The first-order chi connectivity index (χ1) is 15.4. The standard InChI is InChI=1S/C24H24BrFN4O2/c1-5-30-13-17(11-28-30)8-21-14(2)29-32-24(21)20-7-6-19(26)10-22(20)16(4)31-23-9-18(25)12-27-15(23)3/h6-7,9-13,16H,5,8H2,1-4H3. The van der Waals surface area contributed by atoms with Gasteiger partial charge in [-0.15, -0.1) is 0 Å². The fourth-order valence-electron chi connectivity index (χ4n) is 3.62. The summed E-state index contributed by atoms with van der Waals surface area (Å²) in [6.45, 7) is 8.51. The van der Waals surface area contributed by atoms with Crippen molar-refractivity contribution in [1.29, 1.82) is 0 Å². The van der Waals surface area contributed by atoms with E-state index in [0.29, 0.717) is 23.5 Å². The predicted octanol–water partition coefficient (Wildman–Crippen LogP) is 6.20. The first-order valence-electron chi connectivity index (χ1n) is 10.4. The van der Waals surface area contributed by atoms with Crippen LogP contribution in [0.5, 0.6) is 5.75 Å². The summed E-state index contributed by atoms with van der Waals surface area (Å²) in [5.74, 6) is 0.898. The molecule has 0 aliphatic carbocycles. The summed E-state index contributed by atoms with van der Waals surface area (Å²) in [5, 5.41) is 8.55. The van der Waals surface area contributed by atoms with Crippen molar-refractivity contribution in [3.05, 3.63) is 81.2 Å². The predicted molar refractivity (Wildman–Crippen MR) is 123 cm³/mol. The molecule has 0 saturated carbocycles. The molecule has 0 radical (unpaired) electrons. The van der Waals surface area contributed by atoms with E-state index in [1.165, 1.54) is 12.1 Å². The fourth-order valence-corrected chi connectivity index (χ4v) is 3.93. The molecule has 8 heteroatoms. The molecule has 0 saturated heterocycles. The molecule has 4 rings (SSSR count). The number of hydrogen-bond acceptors (Lipinski definition) is 5. The summed E-state index contributed by atoms with van der Waals surface area (Å²) in [5.41, 5.74) is 4.97. The summed E-state index contributed by atoms with van der Waals surface area (Å²) in [7, 11) is 0. The van der Waals surface area contributed by atoms with E-state index >= 15 is 0 Å². The van der Waals surface area contributed by atoms with Crippen LogP contribution in [0.2, 0.25) is 0 Å². The maximum Gasteiger partial charge on any atom is 0.171 e. The van der Waals surface area contributed by atoms with E-state index in [1.807, 2.05) is 50.8 Å². The minimum absolute atomic E-state index is 0.342. The van der Waals surface area contributed by atoms with Crippen molar-refractivity contribution in [1.82, 2.24) is 19.9 Å². The maximum absolute atomic E-state index is 14.3. The number of pyridine rings is 1. The second-order valence-electron chi connectivity index (χ2n) is 7.69. The van der Waals surface area contributed by atoms with Gasteiger partial charge in [-0.2, -0.15) is 5.10 Å². The average molecular weight is 499 g/mol. The van der Waals surface area contributed by atoms with Gasteiger partial charge in [0.1, 0.15) is 17.7 Å². The van der Waals surface area contributed by atoms with Gasteiger partial charge in [0.25, 0.3) is 0 Å². The van der Waals surface area contributed by atoms with Gasteiger partial charge >= 0.3 is 0 Å². The van der Waals surface area contributed by atoms with Gasteiger partial charge < -0.3 is 9.26 Å². The highest BCUT2D eigenvalue weighted by atomic mass is 79.9. The Morgan fingerprint density at radius 1 is 1.19 bits per heavy atom. The first-order valence-corrected chi connectivity index (χ1v) is 11.2. The highest BCUT2D eigenvalue weighted by Gasteiger charge is 2.23. The molecule has 1 unspecified atom stereocenters. The van der Waals surface area contributed by atoms with Crippen molar-refractivity contribution < 1.29 is 13.7 Å². The third-order valence-corrected chi connectivity index (χ3v) is 5.82. The molecule has 3 heterocycles. The largest absolute Gasteiger partial charge is 0.484 e. The SMILES string of the molecule is CCn1cc(Cc2c(C)noc2-c2ccc(F)cc2C(C)Oc2cc(Br)cnc2C)cn1. The molecule has 1 aromatic carbocycles. The Morgan fingerprint density at radius 3 is 2.75 bits per heavy atom. The van der Waals surface area contributed by atoms with Crippen molar-refractivity contribution in [2.75, 3.05) is 0 Å². The summed E-state index contributed by atoms with van der Waals surface area (Å²) < 4.78 is 28.9. The quantitative estimate of drug-likeness (QED) is 0.303. The van der Waals surface area contributed by atoms with Gasteiger partial charge in [0, 0.05) is 46.5 Å². The van der Waals surface area contributed by atoms with Gasteiger partial charge in [-0.1, -0.05) is 5.16 Å². The lowest BCUT2D eigenvalue weighted by Crippen LogP contribution is -2.07. The van der Waals surface area contributed by atoms with Gasteiger partial charge in [-0.05, 0) is 73.5 Å². The minimum atomic E-state index is -0.448. The highest BCUT2D eigenvalue weighted by molar-refractivity contribution is 9.10. The number of ether oxygens (including phenoxy) is 1. The third kappa shape index (κ3) is 4.60. The fraction of sp³-hybridized carbons (Fsp3) is 0.292. The lowest BCUT2D eigenvalue weighted by atomic mass is 9.95. The second kappa shape index (κ2) is 9.24. The van der Waals surface area contributed by atoms with Crippen molar-refractivity contribution in [2.45, 2.75) is 46.8 Å². The molecule has 4 aromatic rings. The van der Waals surface area contributed by atoms with Crippen LogP contribution < -0.4 is 4.74 Å². The van der Waals surface area contributed by atoms with Crippen LogP contribution in [0.15, 0.2) is 51.9 Å². The second-order valence-corrected chi connectivity index (χ2v) is 8.60. The molecule has 0 aliphatic heterocycles. The number of halogens is 2. The molecule has 0 aliphatic rings. The molecule has 0 amide bonds. The van der Waals surface area contributed by atoms with E-state index < -0.39 is 6.10 Å². The zero-order chi connectivity index (χ0) is 22.8. The number of aryl methyl sites for hydroxylation is 3. The molecule has 1 atom stereocenters. The van der Waals surface area contributed by atoms with Gasteiger partial charge in [-0.25, -0.2) is 4.39 Å². The topological polar surface area (TPSA) is 66.0 Å². The minimum Gasteiger partial charge on any atom is -0.484 e. The van der Waals surface area contributed by atoms with Gasteiger partial charge in [0.15, 0.2) is 5.76 Å². The number of aromatic nitrogens is 4. The van der Waals surface area contributed by atoms with Crippen molar-refractivity contribution >= 4 is 15.9 Å². The molecule has 0 spiro atoms. The average Bonchev–Trinajstić information content (AvgIpc) is 3.38. The van der Waals surface area contributed by atoms with E-state index in [0.717, 1.165) is 39.1 Å². The molecular formula is C24H24BrFN4O2. The van der Waals surface area contributed by atoms with E-state index in [1.54, 1.807) is 12.3 Å². The highest BCUT2D eigenvalue weighted by Crippen LogP contribution is 2.36. The zero-order valence-corrected chi connectivity index (χ0v) is 20.0. The lowest BCUT2D eigenvalue weighted by Gasteiger charge is -2.19. The molecule has 166 valence electrons. The van der Waals surface area contributed by atoms with E-state index in [-0.39, 0.29) is 5.82 Å². The van der Waals surface area contributed by atoms with Gasteiger partial charge in [-0.3, -0.25) is 9.67 Å². The Bertz CT molecular complexity index is 1250. The molecule has 0 N–H and O–H groups in total. The van der Waals surface area contributed by atoms with Crippen LogP contribution in [0.25, 0.3) is 11.3 Å². The van der Waals surface area contributed by atoms with E-state index in [9.17, 15) is 4.39 Å².